The normalized spacial score (nSPS) is 14.4. The lowest BCUT2D eigenvalue weighted by Gasteiger charge is -2.19. The number of anilines is 2. The molecule has 0 aromatic heterocycles. The van der Waals surface area contributed by atoms with E-state index in [0.29, 0.717) is 27.5 Å². The lowest BCUT2D eigenvalue weighted by Crippen LogP contribution is -2.22. The maximum Gasteiger partial charge on any atom is 0.282 e. The minimum Gasteiger partial charge on any atom is -0.352 e. The van der Waals surface area contributed by atoms with Crippen molar-refractivity contribution in [2.75, 3.05) is 10.6 Å². The lowest BCUT2D eigenvalue weighted by molar-refractivity contribution is -0.114. The number of carbonyl (C=O) groups is 2. The minimum absolute atomic E-state index is 0.00903. The Kier molecular flexibility index (Phi) is 6.13. The number of rotatable bonds is 5. The van der Waals surface area contributed by atoms with Gasteiger partial charge >= 0.3 is 0 Å². The molecule has 3 aromatic rings. The van der Waals surface area contributed by atoms with Crippen LogP contribution >= 0.6 is 11.6 Å². The maximum absolute atomic E-state index is 13.0. The number of hydrogen-bond acceptors (Lipinski definition) is 5. The van der Waals surface area contributed by atoms with Crippen molar-refractivity contribution in [1.82, 2.24) is 0 Å². The average Bonchev–Trinajstić information content (AvgIpc) is 2.78. The van der Waals surface area contributed by atoms with Crippen LogP contribution in [0.1, 0.15) is 22.8 Å². The van der Waals surface area contributed by atoms with Crippen molar-refractivity contribution in [3.05, 3.63) is 101 Å². The molecule has 0 heterocycles. The molecule has 7 nitrogen and oxygen atoms in total. The zero-order chi connectivity index (χ0) is 23.6. The highest BCUT2D eigenvalue weighted by atomic mass is 35.5. The van der Waals surface area contributed by atoms with Crippen LogP contribution in [0.15, 0.2) is 93.9 Å². The Hall–Kier alpha value is -3.75. The number of hydrogen-bond donors (Lipinski definition) is 2. The van der Waals surface area contributed by atoms with E-state index in [9.17, 15) is 18.0 Å². The van der Waals surface area contributed by atoms with Crippen LogP contribution in [0.3, 0.4) is 0 Å². The zero-order valence-corrected chi connectivity index (χ0v) is 18.9. The summed E-state index contributed by atoms with van der Waals surface area (Å²) in [4.78, 5) is 24.2. The van der Waals surface area contributed by atoms with E-state index in [2.05, 4.69) is 15.0 Å². The van der Waals surface area contributed by atoms with Crippen LogP contribution in [0.2, 0.25) is 5.02 Å². The molecule has 0 saturated carbocycles. The number of fused-ring (bicyclic) bond motifs is 1. The second kappa shape index (κ2) is 9.01. The first kappa shape index (κ1) is 22.4. The van der Waals surface area contributed by atoms with Gasteiger partial charge in [0.05, 0.1) is 16.3 Å². The molecule has 0 spiro atoms. The number of halogens is 1. The summed E-state index contributed by atoms with van der Waals surface area (Å²) in [7, 11) is -4.04. The highest BCUT2D eigenvalue weighted by Gasteiger charge is 2.26. The Morgan fingerprint density at radius 2 is 1.48 bits per heavy atom. The summed E-state index contributed by atoms with van der Waals surface area (Å²) in [5.41, 5.74) is 2.26. The minimum atomic E-state index is -4.04. The Balaban J connectivity index is 1.72. The second-order valence-corrected chi connectivity index (χ2v) is 9.26. The van der Waals surface area contributed by atoms with Gasteiger partial charge < -0.3 is 10.6 Å². The molecule has 166 valence electrons. The highest BCUT2D eigenvalue weighted by molar-refractivity contribution is 7.90. The SMILES string of the molecule is CC(=O)Nc1ccc(NC2=CC(=NS(=O)(=O)c3ccc(Cl)cc3)c3ccccc3C2=O)cc1. The number of nitrogens with zero attached hydrogens (tertiary/aromatic N) is 1. The topological polar surface area (TPSA) is 105 Å². The van der Waals surface area contributed by atoms with Crippen molar-refractivity contribution in [1.29, 1.82) is 0 Å². The Morgan fingerprint density at radius 3 is 2.12 bits per heavy atom. The van der Waals surface area contributed by atoms with Crippen molar-refractivity contribution in [3.8, 4) is 0 Å². The molecule has 0 unspecified atom stereocenters. The number of sulfonamides is 1. The van der Waals surface area contributed by atoms with Crippen LogP contribution in [-0.4, -0.2) is 25.8 Å². The van der Waals surface area contributed by atoms with Gasteiger partial charge in [-0.3, -0.25) is 9.59 Å². The maximum atomic E-state index is 13.0. The van der Waals surface area contributed by atoms with E-state index in [1.54, 1.807) is 48.5 Å². The fourth-order valence-electron chi connectivity index (χ4n) is 3.28. The summed E-state index contributed by atoms with van der Waals surface area (Å²) in [5, 5.41) is 6.10. The summed E-state index contributed by atoms with van der Waals surface area (Å²) in [5.74, 6) is -0.486. The van der Waals surface area contributed by atoms with E-state index in [0.717, 1.165) is 0 Å². The van der Waals surface area contributed by atoms with Gasteiger partial charge in [0, 0.05) is 34.4 Å². The number of allylic oxidation sites excluding steroid dienone is 2. The largest absolute Gasteiger partial charge is 0.352 e. The number of ketones is 1. The first-order valence-corrected chi connectivity index (χ1v) is 11.7. The number of benzene rings is 3. The van der Waals surface area contributed by atoms with Gasteiger partial charge in [-0.05, 0) is 54.6 Å². The predicted octanol–water partition coefficient (Wildman–Crippen LogP) is 4.67. The second-order valence-electron chi connectivity index (χ2n) is 7.22. The summed E-state index contributed by atoms with van der Waals surface area (Å²) in [6.45, 7) is 1.41. The standard InChI is InChI=1S/C24H18ClN3O4S/c1-15(29)26-17-8-10-18(11-9-17)27-23-14-22(20-4-2-3-5-21(20)24(23)30)28-33(31,32)19-12-6-16(25)7-13-19/h2-14,27H,1H3,(H,26,29). The fourth-order valence-corrected chi connectivity index (χ4v) is 4.40. The molecule has 4 rings (SSSR count). The fraction of sp³-hybridized carbons (Fsp3) is 0.0417. The Bertz CT molecular complexity index is 1410. The summed E-state index contributed by atoms with van der Waals surface area (Å²) < 4.78 is 29.8. The monoisotopic (exact) mass is 479 g/mol. The van der Waals surface area contributed by atoms with Crippen molar-refractivity contribution < 1.29 is 18.0 Å². The van der Waals surface area contributed by atoms with Gasteiger partial charge in [0.25, 0.3) is 10.0 Å². The van der Waals surface area contributed by atoms with E-state index in [1.807, 2.05) is 0 Å². The predicted molar refractivity (Wildman–Crippen MR) is 128 cm³/mol. The van der Waals surface area contributed by atoms with E-state index in [1.165, 1.54) is 37.3 Å². The van der Waals surface area contributed by atoms with Crippen LogP contribution in [0.5, 0.6) is 0 Å². The van der Waals surface area contributed by atoms with Gasteiger partial charge in [0.2, 0.25) is 11.7 Å². The molecule has 3 aromatic carbocycles. The quantitative estimate of drug-likeness (QED) is 0.553. The lowest BCUT2D eigenvalue weighted by atomic mass is 9.92. The van der Waals surface area contributed by atoms with Crippen molar-refractivity contribution >= 4 is 50.4 Å². The van der Waals surface area contributed by atoms with E-state index >= 15 is 0 Å². The summed E-state index contributed by atoms with van der Waals surface area (Å²) in [6.07, 6.45) is 1.42. The molecule has 0 atom stereocenters. The Morgan fingerprint density at radius 1 is 0.879 bits per heavy atom. The third kappa shape index (κ3) is 5.02. The molecule has 9 heteroatoms. The molecule has 0 fully saturated rings. The molecular formula is C24H18ClN3O4S. The molecule has 2 N–H and O–H groups in total. The Labute approximate surface area is 195 Å². The molecule has 1 aliphatic carbocycles. The number of Topliss-reactive ketones (excluding diaryl/α,β-unsaturated/α-hetero) is 1. The van der Waals surface area contributed by atoms with Crippen LogP contribution in [0, 0.1) is 0 Å². The van der Waals surface area contributed by atoms with E-state index in [4.69, 9.17) is 11.6 Å². The summed E-state index contributed by atoms with van der Waals surface area (Å²) >= 11 is 5.86. The molecule has 0 aliphatic heterocycles. The van der Waals surface area contributed by atoms with Crippen molar-refractivity contribution in [2.45, 2.75) is 11.8 Å². The average molecular weight is 480 g/mol. The first-order chi connectivity index (χ1) is 15.7. The van der Waals surface area contributed by atoms with Gasteiger partial charge in [-0.25, -0.2) is 0 Å². The molecule has 0 bridgehead atoms. The summed E-state index contributed by atoms with van der Waals surface area (Å²) in [6, 6.07) is 19.1. The van der Waals surface area contributed by atoms with Gasteiger partial charge in [-0.15, -0.1) is 0 Å². The number of amides is 1. The van der Waals surface area contributed by atoms with E-state index in [-0.39, 0.29) is 28.0 Å². The van der Waals surface area contributed by atoms with Gasteiger partial charge in [-0.2, -0.15) is 12.8 Å². The molecule has 0 radical (unpaired) electrons. The molecule has 33 heavy (non-hydrogen) atoms. The molecule has 1 amide bonds. The van der Waals surface area contributed by atoms with Gasteiger partial charge in [-0.1, -0.05) is 35.9 Å². The van der Waals surface area contributed by atoms with Crippen LogP contribution in [0.25, 0.3) is 0 Å². The van der Waals surface area contributed by atoms with Crippen LogP contribution in [0.4, 0.5) is 11.4 Å². The molecular weight excluding hydrogens is 462 g/mol. The molecule has 1 aliphatic rings. The number of carbonyl (C=O) groups excluding carboxylic acids is 2. The van der Waals surface area contributed by atoms with Crippen LogP contribution < -0.4 is 10.6 Å². The van der Waals surface area contributed by atoms with Gasteiger partial charge in [0.1, 0.15) is 0 Å². The van der Waals surface area contributed by atoms with Crippen molar-refractivity contribution in [2.24, 2.45) is 4.40 Å². The first-order valence-electron chi connectivity index (χ1n) is 9.84. The smallest absolute Gasteiger partial charge is 0.282 e. The third-order valence-corrected chi connectivity index (χ3v) is 6.34. The van der Waals surface area contributed by atoms with Gasteiger partial charge in [0.15, 0.2) is 0 Å². The van der Waals surface area contributed by atoms with Crippen LogP contribution in [-0.2, 0) is 14.8 Å². The van der Waals surface area contributed by atoms with E-state index < -0.39 is 10.0 Å². The number of nitrogens with one attached hydrogen (secondary N) is 2. The van der Waals surface area contributed by atoms with Crippen molar-refractivity contribution in [3.63, 3.8) is 0 Å². The zero-order valence-electron chi connectivity index (χ0n) is 17.4. The third-order valence-electron chi connectivity index (χ3n) is 4.79. The molecule has 0 saturated heterocycles. The highest BCUT2D eigenvalue weighted by Crippen LogP contribution is 2.26.